The average molecular weight is 339 g/mol. The summed E-state index contributed by atoms with van der Waals surface area (Å²) < 4.78 is 2.22. The zero-order valence-electron chi connectivity index (χ0n) is 14.9. The highest BCUT2D eigenvalue weighted by molar-refractivity contribution is 5.99. The van der Waals surface area contributed by atoms with Gasteiger partial charge in [-0.2, -0.15) is 0 Å². The second kappa shape index (κ2) is 6.59. The number of hydrogen-bond donors (Lipinski definition) is 1. The molecule has 0 spiro atoms. The van der Waals surface area contributed by atoms with E-state index in [4.69, 9.17) is 0 Å². The van der Waals surface area contributed by atoms with Crippen molar-refractivity contribution in [2.45, 2.75) is 58.2 Å². The molecule has 2 atom stereocenters. The predicted octanol–water partition coefficient (Wildman–Crippen LogP) is 2.38. The van der Waals surface area contributed by atoms with Crippen LogP contribution in [0.2, 0.25) is 0 Å². The molecule has 2 aromatic rings. The highest BCUT2D eigenvalue weighted by Gasteiger charge is 2.34. The summed E-state index contributed by atoms with van der Waals surface area (Å²) in [7, 11) is 0. The molecule has 0 aliphatic carbocycles. The summed E-state index contributed by atoms with van der Waals surface area (Å²) >= 11 is 0. The van der Waals surface area contributed by atoms with E-state index in [1.54, 1.807) is 0 Å². The van der Waals surface area contributed by atoms with Crippen molar-refractivity contribution in [3.05, 3.63) is 41.5 Å². The fraction of sp³-hybridized carbons (Fsp3) is 0.526. The van der Waals surface area contributed by atoms with Gasteiger partial charge in [-0.3, -0.25) is 10.1 Å². The number of rotatable bonds is 4. The summed E-state index contributed by atoms with van der Waals surface area (Å²) in [6.07, 6.45) is 4.18. The molecule has 3 heterocycles. The second-order valence-corrected chi connectivity index (χ2v) is 7.14. The summed E-state index contributed by atoms with van der Waals surface area (Å²) in [6, 6.07) is 8.00. The first kappa shape index (κ1) is 16.3. The molecule has 0 unspecified atom stereocenters. The van der Waals surface area contributed by atoms with E-state index in [1.807, 2.05) is 17.0 Å². The molecule has 2 aliphatic heterocycles. The maximum Gasteiger partial charge on any atom is 0.244 e. The molecule has 25 heavy (non-hydrogen) atoms. The van der Waals surface area contributed by atoms with Crippen molar-refractivity contribution in [3.63, 3.8) is 0 Å². The van der Waals surface area contributed by atoms with Crippen molar-refractivity contribution in [3.8, 4) is 0 Å². The van der Waals surface area contributed by atoms with Crippen molar-refractivity contribution in [1.82, 2.24) is 20.1 Å². The lowest BCUT2D eigenvalue weighted by Crippen LogP contribution is -2.40. The number of benzene rings is 1. The maximum atomic E-state index is 12.8. The number of aromatic nitrogens is 3. The summed E-state index contributed by atoms with van der Waals surface area (Å²) in [5.41, 5.74) is 2.18. The second-order valence-electron chi connectivity index (χ2n) is 7.14. The van der Waals surface area contributed by atoms with Gasteiger partial charge in [0.25, 0.3) is 0 Å². The van der Waals surface area contributed by atoms with E-state index in [0.29, 0.717) is 0 Å². The van der Waals surface area contributed by atoms with Gasteiger partial charge in [0.05, 0.1) is 12.1 Å². The highest BCUT2D eigenvalue weighted by Crippen LogP contribution is 2.24. The minimum Gasteiger partial charge on any atom is -0.314 e. The zero-order chi connectivity index (χ0) is 17.4. The van der Waals surface area contributed by atoms with Gasteiger partial charge >= 0.3 is 0 Å². The number of carbonyl (C=O) groups excluding carboxylic acids is 1. The van der Waals surface area contributed by atoms with Crippen LogP contribution in [0, 0.1) is 6.92 Å². The van der Waals surface area contributed by atoms with Gasteiger partial charge in [-0.15, -0.1) is 10.2 Å². The van der Waals surface area contributed by atoms with Gasteiger partial charge in [-0.1, -0.05) is 17.7 Å². The molecule has 1 saturated heterocycles. The molecule has 1 fully saturated rings. The van der Waals surface area contributed by atoms with E-state index in [1.165, 1.54) is 18.4 Å². The zero-order valence-corrected chi connectivity index (χ0v) is 14.9. The van der Waals surface area contributed by atoms with Gasteiger partial charge in [0.2, 0.25) is 5.91 Å². The van der Waals surface area contributed by atoms with Crippen molar-refractivity contribution in [2.75, 3.05) is 11.4 Å². The SMILES string of the molecule is Cc1ccc(N2CC[C@@H](N[C@@H](C)c3nnc4n3CCCC4)C2=O)cc1. The molecule has 0 saturated carbocycles. The molecule has 6 nitrogen and oxygen atoms in total. The van der Waals surface area contributed by atoms with Gasteiger partial charge in [-0.25, -0.2) is 0 Å². The number of nitrogens with zero attached hydrogens (tertiary/aromatic N) is 4. The molecule has 1 amide bonds. The first-order chi connectivity index (χ1) is 12.1. The normalized spacial score (nSPS) is 21.4. The van der Waals surface area contributed by atoms with Crippen LogP contribution in [0.5, 0.6) is 0 Å². The molecule has 1 N–H and O–H groups in total. The van der Waals surface area contributed by atoms with Gasteiger partial charge in [0, 0.05) is 25.2 Å². The number of nitrogens with one attached hydrogen (secondary N) is 1. The fourth-order valence-corrected chi connectivity index (χ4v) is 3.84. The van der Waals surface area contributed by atoms with Crippen molar-refractivity contribution in [1.29, 1.82) is 0 Å². The number of carbonyl (C=O) groups is 1. The lowest BCUT2D eigenvalue weighted by Gasteiger charge is -2.22. The minimum absolute atomic E-state index is 0.0197. The Bertz CT molecular complexity index is 767. The van der Waals surface area contributed by atoms with Gasteiger partial charge in [0.15, 0.2) is 0 Å². The van der Waals surface area contributed by atoms with Crippen LogP contribution in [0.15, 0.2) is 24.3 Å². The molecule has 4 rings (SSSR count). The van der Waals surface area contributed by atoms with Gasteiger partial charge in [0.1, 0.15) is 11.6 Å². The maximum absolute atomic E-state index is 12.8. The Morgan fingerprint density at radius 3 is 2.76 bits per heavy atom. The molecular weight excluding hydrogens is 314 g/mol. The third-order valence-corrected chi connectivity index (χ3v) is 5.28. The Morgan fingerprint density at radius 2 is 1.96 bits per heavy atom. The number of fused-ring (bicyclic) bond motifs is 1. The monoisotopic (exact) mass is 339 g/mol. The number of aryl methyl sites for hydroxylation is 2. The molecule has 6 heteroatoms. The Kier molecular flexibility index (Phi) is 4.29. The average Bonchev–Trinajstić information content (AvgIpc) is 3.20. The molecule has 0 bridgehead atoms. The number of amides is 1. The highest BCUT2D eigenvalue weighted by atomic mass is 16.2. The van der Waals surface area contributed by atoms with Crippen LogP contribution in [0.3, 0.4) is 0 Å². The Morgan fingerprint density at radius 1 is 1.16 bits per heavy atom. The van der Waals surface area contributed by atoms with Crippen LogP contribution >= 0.6 is 0 Å². The van der Waals surface area contributed by atoms with E-state index < -0.39 is 0 Å². The van der Waals surface area contributed by atoms with Crippen LogP contribution in [0.25, 0.3) is 0 Å². The summed E-state index contributed by atoms with van der Waals surface area (Å²) in [6.45, 7) is 5.87. The van der Waals surface area contributed by atoms with Crippen molar-refractivity contribution >= 4 is 11.6 Å². The number of hydrogen-bond acceptors (Lipinski definition) is 4. The van der Waals surface area contributed by atoms with E-state index in [-0.39, 0.29) is 18.0 Å². The quantitative estimate of drug-likeness (QED) is 0.929. The molecule has 1 aromatic carbocycles. The molecule has 132 valence electrons. The standard InChI is InChI=1S/C19H25N5O/c1-13-6-8-15(9-7-13)23-12-10-16(19(23)25)20-14(2)18-22-21-17-5-3-4-11-24(17)18/h6-9,14,16,20H,3-5,10-12H2,1-2H3/t14-,16+/m0/s1. The van der Waals surface area contributed by atoms with Crippen molar-refractivity contribution < 1.29 is 4.79 Å². The third kappa shape index (κ3) is 3.06. The smallest absolute Gasteiger partial charge is 0.244 e. The molecule has 0 radical (unpaired) electrons. The van der Waals surface area contributed by atoms with Gasteiger partial charge in [-0.05, 0) is 45.2 Å². The Balaban J connectivity index is 1.45. The third-order valence-electron chi connectivity index (χ3n) is 5.28. The van der Waals surface area contributed by atoms with Crippen LogP contribution in [-0.4, -0.2) is 33.3 Å². The Hall–Kier alpha value is -2.21. The van der Waals surface area contributed by atoms with E-state index in [9.17, 15) is 4.79 Å². The summed E-state index contributed by atoms with van der Waals surface area (Å²) in [5, 5.41) is 12.2. The van der Waals surface area contributed by atoms with E-state index >= 15 is 0 Å². The predicted molar refractivity (Wildman–Crippen MR) is 96.4 cm³/mol. The van der Waals surface area contributed by atoms with Crippen LogP contribution in [0.4, 0.5) is 5.69 Å². The number of anilines is 1. The van der Waals surface area contributed by atoms with Gasteiger partial charge < -0.3 is 9.47 Å². The minimum atomic E-state index is -0.159. The lowest BCUT2D eigenvalue weighted by atomic mass is 10.1. The van der Waals surface area contributed by atoms with Crippen LogP contribution in [-0.2, 0) is 17.8 Å². The summed E-state index contributed by atoms with van der Waals surface area (Å²) in [5.74, 6) is 2.18. The first-order valence-electron chi connectivity index (χ1n) is 9.19. The molecule has 1 aromatic heterocycles. The van der Waals surface area contributed by atoms with Crippen LogP contribution < -0.4 is 10.2 Å². The van der Waals surface area contributed by atoms with E-state index in [0.717, 1.165) is 43.3 Å². The first-order valence-corrected chi connectivity index (χ1v) is 9.19. The van der Waals surface area contributed by atoms with E-state index in [2.05, 4.69) is 46.1 Å². The summed E-state index contributed by atoms with van der Waals surface area (Å²) in [4.78, 5) is 14.7. The fourth-order valence-electron chi connectivity index (χ4n) is 3.84. The molecular formula is C19H25N5O. The van der Waals surface area contributed by atoms with Crippen molar-refractivity contribution in [2.24, 2.45) is 0 Å². The largest absolute Gasteiger partial charge is 0.314 e. The van der Waals surface area contributed by atoms with Crippen LogP contribution in [0.1, 0.15) is 49.4 Å². The topological polar surface area (TPSA) is 63.0 Å². The lowest BCUT2D eigenvalue weighted by molar-refractivity contribution is -0.119. The molecule has 2 aliphatic rings. The Labute approximate surface area is 148 Å².